The van der Waals surface area contributed by atoms with Gasteiger partial charge >= 0.3 is 11.9 Å². The largest absolute Gasteiger partial charge is 0.480 e. The maximum Gasteiger partial charge on any atom is 0.332 e. The van der Waals surface area contributed by atoms with Gasteiger partial charge < -0.3 is 15.9 Å². The third-order valence-electron chi connectivity index (χ3n) is 2.23. The number of benzene rings is 1. The molecule has 0 saturated heterocycles. The molecule has 0 aromatic heterocycles. The molecule has 0 aliphatic heterocycles. The van der Waals surface area contributed by atoms with Gasteiger partial charge in [-0.15, -0.1) is 5.43 Å². The standard InChI is InChI=1S/C9H10N2O4.C3H7NO2/c12-9(13)8(10-11(14)15)6-7-4-2-1-3-5-7;1-2(4)3(5)6/h1-5,8,10H,6H2,(H,12,13);2H,4H2,1H3,(H,5,6). The second-order valence-corrected chi connectivity index (χ2v) is 4.09. The number of rotatable bonds is 6. The zero-order chi connectivity index (χ0) is 16.4. The highest BCUT2D eigenvalue weighted by Crippen LogP contribution is 2.03. The zero-order valence-electron chi connectivity index (χ0n) is 11.3. The number of nitrogens with zero attached hydrogens (tertiary/aromatic N) is 1. The van der Waals surface area contributed by atoms with Crippen LogP contribution in [0.5, 0.6) is 0 Å². The third-order valence-corrected chi connectivity index (χ3v) is 2.23. The lowest BCUT2D eigenvalue weighted by atomic mass is 10.1. The highest BCUT2D eigenvalue weighted by molar-refractivity contribution is 5.73. The first-order valence-corrected chi connectivity index (χ1v) is 5.89. The minimum atomic E-state index is -1.24. The molecule has 1 aromatic carbocycles. The Morgan fingerprint density at radius 1 is 1.29 bits per heavy atom. The van der Waals surface area contributed by atoms with E-state index in [1.54, 1.807) is 35.8 Å². The average molecular weight is 299 g/mol. The maximum absolute atomic E-state index is 10.7. The number of nitro groups is 1. The van der Waals surface area contributed by atoms with E-state index in [1.165, 1.54) is 6.92 Å². The Kier molecular flexibility index (Phi) is 8.08. The molecule has 0 saturated carbocycles. The van der Waals surface area contributed by atoms with Gasteiger partial charge in [0.25, 0.3) is 0 Å². The van der Waals surface area contributed by atoms with Crippen molar-refractivity contribution in [2.75, 3.05) is 0 Å². The Balaban J connectivity index is 0.000000567. The van der Waals surface area contributed by atoms with Crippen molar-refractivity contribution in [3.8, 4) is 0 Å². The van der Waals surface area contributed by atoms with Gasteiger partial charge in [-0.3, -0.25) is 4.79 Å². The van der Waals surface area contributed by atoms with Gasteiger partial charge in [0.1, 0.15) is 6.04 Å². The Labute approximate surface area is 120 Å². The third kappa shape index (κ3) is 8.94. The molecule has 0 aliphatic carbocycles. The van der Waals surface area contributed by atoms with E-state index in [4.69, 9.17) is 15.9 Å². The highest BCUT2D eigenvalue weighted by atomic mass is 16.7. The SMILES string of the molecule is CC(N)C(=O)O.O=C(O)C(Cc1ccccc1)N[N+](=O)[O-]. The van der Waals surface area contributed by atoms with E-state index in [9.17, 15) is 19.7 Å². The molecule has 2 unspecified atom stereocenters. The molecule has 0 spiro atoms. The molecule has 2 atom stereocenters. The van der Waals surface area contributed by atoms with Gasteiger partial charge in [-0.05, 0) is 12.5 Å². The predicted octanol–water partition coefficient (Wildman–Crippen LogP) is -0.118. The van der Waals surface area contributed by atoms with Crippen LogP contribution in [0.3, 0.4) is 0 Å². The van der Waals surface area contributed by atoms with Crippen molar-refractivity contribution < 1.29 is 24.8 Å². The molecule has 1 aromatic rings. The molecule has 9 heteroatoms. The molecule has 0 fully saturated rings. The first kappa shape index (κ1) is 18.3. The van der Waals surface area contributed by atoms with Gasteiger partial charge in [0.15, 0.2) is 11.1 Å². The van der Waals surface area contributed by atoms with Crippen molar-refractivity contribution in [2.24, 2.45) is 5.73 Å². The second-order valence-electron chi connectivity index (χ2n) is 4.09. The van der Waals surface area contributed by atoms with Crippen molar-refractivity contribution in [3.05, 3.63) is 46.0 Å². The van der Waals surface area contributed by atoms with E-state index in [2.05, 4.69) is 0 Å². The summed E-state index contributed by atoms with van der Waals surface area (Å²) in [6.07, 6.45) is 0.0805. The van der Waals surface area contributed by atoms with Crippen molar-refractivity contribution in [1.29, 1.82) is 0 Å². The summed E-state index contributed by atoms with van der Waals surface area (Å²) in [7, 11) is 0. The Morgan fingerprint density at radius 3 is 2.10 bits per heavy atom. The Morgan fingerprint density at radius 2 is 1.76 bits per heavy atom. The van der Waals surface area contributed by atoms with Gasteiger partial charge in [0, 0.05) is 6.42 Å². The summed E-state index contributed by atoms with van der Waals surface area (Å²) in [6, 6.07) is 6.79. The minimum Gasteiger partial charge on any atom is -0.480 e. The minimum absolute atomic E-state index is 0.0805. The Hall–Kier alpha value is -2.68. The molecule has 116 valence electrons. The Bertz CT molecular complexity index is 477. The molecule has 21 heavy (non-hydrogen) atoms. The van der Waals surface area contributed by atoms with Crippen LogP contribution < -0.4 is 11.2 Å². The number of nitrogens with two attached hydrogens (primary N) is 1. The van der Waals surface area contributed by atoms with Gasteiger partial charge in [-0.2, -0.15) is 0 Å². The zero-order valence-corrected chi connectivity index (χ0v) is 11.3. The number of hydrogen-bond donors (Lipinski definition) is 4. The van der Waals surface area contributed by atoms with Crippen molar-refractivity contribution in [2.45, 2.75) is 25.4 Å². The lowest BCUT2D eigenvalue weighted by Crippen LogP contribution is -2.41. The van der Waals surface area contributed by atoms with Gasteiger partial charge in [0.2, 0.25) is 0 Å². The van der Waals surface area contributed by atoms with E-state index in [-0.39, 0.29) is 6.42 Å². The number of carboxylic acids is 2. The van der Waals surface area contributed by atoms with Crippen LogP contribution in [0.1, 0.15) is 12.5 Å². The number of carbonyl (C=O) groups is 2. The van der Waals surface area contributed by atoms with Crippen LogP contribution >= 0.6 is 0 Å². The number of carboxylic acid groups (broad SMARTS) is 2. The molecule has 0 heterocycles. The fourth-order valence-electron chi connectivity index (χ4n) is 1.17. The summed E-state index contributed by atoms with van der Waals surface area (Å²) in [4.78, 5) is 30.4. The summed E-state index contributed by atoms with van der Waals surface area (Å²) >= 11 is 0. The maximum atomic E-state index is 10.7. The van der Waals surface area contributed by atoms with Gasteiger partial charge in [-0.25, -0.2) is 14.9 Å². The van der Waals surface area contributed by atoms with Crippen LogP contribution in [0.25, 0.3) is 0 Å². The number of hydrazine groups is 1. The quantitative estimate of drug-likeness (QED) is 0.418. The summed E-state index contributed by atoms with van der Waals surface area (Å²) in [5.41, 5.74) is 7.32. The van der Waals surface area contributed by atoms with E-state index in [0.717, 1.165) is 5.56 Å². The van der Waals surface area contributed by atoms with Gasteiger partial charge in [-0.1, -0.05) is 30.3 Å². The lowest BCUT2D eigenvalue weighted by Gasteiger charge is -2.08. The molecule has 0 bridgehead atoms. The summed E-state index contributed by atoms with van der Waals surface area (Å²) < 4.78 is 0. The average Bonchev–Trinajstić information content (AvgIpc) is 2.39. The summed E-state index contributed by atoms with van der Waals surface area (Å²) in [5, 5.41) is 25.9. The molecule has 9 nitrogen and oxygen atoms in total. The van der Waals surface area contributed by atoms with Crippen molar-refractivity contribution >= 4 is 11.9 Å². The molecule has 0 amide bonds. The second kappa shape index (κ2) is 9.26. The molecule has 0 aliphatic rings. The monoisotopic (exact) mass is 299 g/mol. The normalized spacial score (nSPS) is 12.3. The summed E-state index contributed by atoms with van der Waals surface area (Å²) in [5.74, 6) is -2.20. The van der Waals surface area contributed by atoms with Crippen LogP contribution in [0.2, 0.25) is 0 Å². The summed E-state index contributed by atoms with van der Waals surface area (Å²) in [6.45, 7) is 1.42. The van der Waals surface area contributed by atoms with E-state index in [0.29, 0.717) is 0 Å². The fraction of sp³-hybridized carbons (Fsp3) is 0.333. The number of hydrogen-bond acceptors (Lipinski definition) is 5. The molecule has 5 N–H and O–H groups in total. The van der Waals surface area contributed by atoms with E-state index < -0.39 is 29.1 Å². The fourth-order valence-corrected chi connectivity index (χ4v) is 1.17. The molecular formula is C12H17N3O6. The number of aliphatic carboxylic acids is 2. The van der Waals surface area contributed by atoms with E-state index in [1.807, 2.05) is 0 Å². The molecule has 1 rings (SSSR count). The van der Waals surface area contributed by atoms with E-state index >= 15 is 0 Å². The van der Waals surface area contributed by atoms with Crippen LogP contribution in [-0.4, -0.2) is 39.3 Å². The predicted molar refractivity (Wildman–Crippen MR) is 73.0 cm³/mol. The smallest absolute Gasteiger partial charge is 0.332 e. The lowest BCUT2D eigenvalue weighted by molar-refractivity contribution is -0.548. The van der Waals surface area contributed by atoms with Crippen LogP contribution in [-0.2, 0) is 16.0 Å². The number of nitrogens with one attached hydrogen (secondary N) is 1. The topological polar surface area (TPSA) is 156 Å². The van der Waals surface area contributed by atoms with Crippen LogP contribution in [0, 0.1) is 10.1 Å². The first-order valence-electron chi connectivity index (χ1n) is 5.89. The first-order chi connectivity index (χ1) is 9.73. The van der Waals surface area contributed by atoms with Gasteiger partial charge in [0.05, 0.1) is 0 Å². The molecular weight excluding hydrogens is 282 g/mol. The van der Waals surface area contributed by atoms with Crippen molar-refractivity contribution in [1.82, 2.24) is 5.43 Å². The van der Waals surface area contributed by atoms with Crippen molar-refractivity contribution in [3.63, 3.8) is 0 Å². The van der Waals surface area contributed by atoms with Crippen LogP contribution in [0.15, 0.2) is 30.3 Å². The molecule has 0 radical (unpaired) electrons. The van der Waals surface area contributed by atoms with Crippen LogP contribution in [0.4, 0.5) is 0 Å². The highest BCUT2D eigenvalue weighted by Gasteiger charge is 2.22.